The monoisotopic (exact) mass is 364 g/mol. The predicted molar refractivity (Wildman–Crippen MR) is 100 cm³/mol. The Morgan fingerprint density at radius 3 is 2.93 bits per heavy atom. The molecule has 1 aromatic carbocycles. The minimum absolute atomic E-state index is 0.0456. The first-order chi connectivity index (χ1) is 13.2. The van der Waals surface area contributed by atoms with Gasteiger partial charge in [0.05, 0.1) is 30.1 Å². The second kappa shape index (κ2) is 7.61. The minimum Gasteiger partial charge on any atom is -0.467 e. The molecule has 1 aliphatic rings. The van der Waals surface area contributed by atoms with Crippen LogP contribution in [0.25, 0.3) is 10.9 Å². The van der Waals surface area contributed by atoms with Crippen molar-refractivity contribution in [3.05, 3.63) is 76.8 Å². The first-order valence-electron chi connectivity index (χ1n) is 9.04. The molecule has 6 heteroatoms. The lowest BCUT2D eigenvalue weighted by Gasteiger charge is -2.13. The molecule has 0 aliphatic heterocycles. The molecule has 0 amide bonds. The van der Waals surface area contributed by atoms with Crippen molar-refractivity contribution >= 4 is 16.9 Å². The number of aromatic nitrogens is 2. The van der Waals surface area contributed by atoms with Crippen molar-refractivity contribution in [3.63, 3.8) is 0 Å². The summed E-state index contributed by atoms with van der Waals surface area (Å²) in [5, 5.41) is 0.523. The van der Waals surface area contributed by atoms with Crippen LogP contribution in [0.15, 0.2) is 64.0 Å². The molecule has 0 bridgehead atoms. The molecule has 27 heavy (non-hydrogen) atoms. The van der Waals surface area contributed by atoms with E-state index in [2.05, 4.69) is 17.1 Å². The van der Waals surface area contributed by atoms with Crippen LogP contribution >= 0.6 is 0 Å². The maximum atomic E-state index is 12.9. The van der Waals surface area contributed by atoms with Crippen LogP contribution in [0, 0.1) is 5.92 Å². The fourth-order valence-corrected chi connectivity index (χ4v) is 3.33. The molecule has 138 valence electrons. The Morgan fingerprint density at radius 1 is 1.26 bits per heavy atom. The highest BCUT2D eigenvalue weighted by Crippen LogP contribution is 2.21. The maximum Gasteiger partial charge on any atom is 0.306 e. The van der Waals surface area contributed by atoms with Crippen LogP contribution in [0.3, 0.4) is 0 Å². The van der Waals surface area contributed by atoms with Gasteiger partial charge in [0.15, 0.2) is 5.82 Å². The number of esters is 1. The average molecular weight is 364 g/mol. The van der Waals surface area contributed by atoms with Crippen molar-refractivity contribution in [2.45, 2.75) is 32.4 Å². The molecule has 2 aromatic heterocycles. The molecule has 1 aliphatic carbocycles. The van der Waals surface area contributed by atoms with Gasteiger partial charge >= 0.3 is 5.97 Å². The Kier molecular flexibility index (Phi) is 4.87. The lowest BCUT2D eigenvalue weighted by molar-refractivity contribution is -0.146. The molecule has 0 saturated carbocycles. The molecule has 0 fully saturated rings. The topological polar surface area (TPSA) is 74.3 Å². The van der Waals surface area contributed by atoms with Gasteiger partial charge in [0.2, 0.25) is 0 Å². The van der Waals surface area contributed by atoms with E-state index >= 15 is 0 Å². The van der Waals surface area contributed by atoms with E-state index in [0.717, 1.165) is 12.8 Å². The number of rotatable bonds is 6. The SMILES string of the molecule is O=C(CC1C=CCC1)OCc1nc2ccccc2c(=O)n1Cc1ccco1. The van der Waals surface area contributed by atoms with E-state index in [9.17, 15) is 9.59 Å². The molecule has 1 atom stereocenters. The van der Waals surface area contributed by atoms with E-state index in [1.165, 1.54) is 4.57 Å². The van der Waals surface area contributed by atoms with Crippen LogP contribution in [0.1, 0.15) is 30.8 Å². The van der Waals surface area contributed by atoms with Crippen molar-refractivity contribution in [1.82, 2.24) is 9.55 Å². The molecular formula is C21H20N2O4. The van der Waals surface area contributed by atoms with Crippen LogP contribution in [-0.2, 0) is 22.7 Å². The zero-order chi connectivity index (χ0) is 18.6. The summed E-state index contributed by atoms with van der Waals surface area (Å²) >= 11 is 0. The van der Waals surface area contributed by atoms with E-state index < -0.39 is 0 Å². The normalized spacial score (nSPS) is 16.1. The van der Waals surface area contributed by atoms with Gasteiger partial charge in [-0.1, -0.05) is 24.3 Å². The highest BCUT2D eigenvalue weighted by molar-refractivity contribution is 5.77. The second-order valence-corrected chi connectivity index (χ2v) is 6.65. The number of benzene rings is 1. The van der Waals surface area contributed by atoms with Gasteiger partial charge in [0.1, 0.15) is 12.4 Å². The number of carbonyl (C=O) groups is 1. The number of hydrogen-bond donors (Lipinski definition) is 0. The summed E-state index contributed by atoms with van der Waals surface area (Å²) in [5.74, 6) is 1.01. The van der Waals surface area contributed by atoms with Crippen LogP contribution < -0.4 is 5.56 Å². The summed E-state index contributed by atoms with van der Waals surface area (Å²) in [6.07, 6.45) is 8.04. The average Bonchev–Trinajstić information content (AvgIpc) is 3.37. The number of hydrogen-bond acceptors (Lipinski definition) is 5. The number of para-hydroxylation sites is 1. The van der Waals surface area contributed by atoms with Gasteiger partial charge in [-0.25, -0.2) is 4.98 Å². The zero-order valence-corrected chi connectivity index (χ0v) is 14.8. The molecule has 3 aromatic rings. The van der Waals surface area contributed by atoms with Crippen molar-refractivity contribution < 1.29 is 13.9 Å². The first-order valence-corrected chi connectivity index (χ1v) is 9.04. The summed E-state index contributed by atoms with van der Waals surface area (Å²) in [7, 11) is 0. The van der Waals surface area contributed by atoms with Gasteiger partial charge in [0.25, 0.3) is 5.56 Å². The Labute approximate surface area is 156 Å². The van der Waals surface area contributed by atoms with Crippen LogP contribution in [0.4, 0.5) is 0 Å². The molecule has 0 N–H and O–H groups in total. The number of allylic oxidation sites excluding steroid dienone is 2. The van der Waals surface area contributed by atoms with Crippen molar-refractivity contribution in [3.8, 4) is 0 Å². The lowest BCUT2D eigenvalue weighted by Crippen LogP contribution is -2.27. The fourth-order valence-electron chi connectivity index (χ4n) is 3.33. The van der Waals surface area contributed by atoms with E-state index in [1.807, 2.05) is 6.07 Å². The fraction of sp³-hybridized carbons (Fsp3) is 0.286. The van der Waals surface area contributed by atoms with E-state index in [0.29, 0.717) is 28.9 Å². The van der Waals surface area contributed by atoms with Gasteiger partial charge in [-0.15, -0.1) is 0 Å². The molecule has 0 saturated heterocycles. The molecule has 1 unspecified atom stereocenters. The summed E-state index contributed by atoms with van der Waals surface area (Å²) in [4.78, 5) is 29.6. The second-order valence-electron chi connectivity index (χ2n) is 6.65. The largest absolute Gasteiger partial charge is 0.467 e. The molecule has 0 radical (unpaired) electrons. The van der Waals surface area contributed by atoms with E-state index in [4.69, 9.17) is 9.15 Å². The Bertz CT molecular complexity index is 1030. The standard InChI is InChI=1S/C21H20N2O4/c24-20(12-15-6-1-2-7-15)27-14-19-22-18-10-4-3-9-17(18)21(25)23(19)13-16-8-5-11-26-16/h1,3-6,8-11,15H,2,7,12-14H2. The summed E-state index contributed by atoms with van der Waals surface area (Å²) < 4.78 is 12.3. The zero-order valence-electron chi connectivity index (χ0n) is 14.8. The number of carbonyl (C=O) groups excluding carboxylic acids is 1. The van der Waals surface area contributed by atoms with Gasteiger partial charge in [-0.05, 0) is 43.0 Å². The van der Waals surface area contributed by atoms with Crippen LogP contribution in [0.5, 0.6) is 0 Å². The Morgan fingerprint density at radius 2 is 2.15 bits per heavy atom. The third-order valence-electron chi connectivity index (χ3n) is 4.74. The number of ether oxygens (including phenoxy) is 1. The summed E-state index contributed by atoms with van der Waals surface area (Å²) in [6.45, 7) is 0.192. The van der Waals surface area contributed by atoms with Crippen molar-refractivity contribution in [2.75, 3.05) is 0 Å². The molecule has 6 nitrogen and oxygen atoms in total. The van der Waals surface area contributed by atoms with E-state index in [1.54, 1.807) is 36.6 Å². The smallest absolute Gasteiger partial charge is 0.306 e. The number of nitrogens with zero attached hydrogens (tertiary/aromatic N) is 2. The van der Waals surface area contributed by atoms with Gasteiger partial charge in [-0.2, -0.15) is 0 Å². The molecule has 4 rings (SSSR count). The van der Waals surface area contributed by atoms with Gasteiger partial charge < -0.3 is 9.15 Å². The maximum absolute atomic E-state index is 12.9. The highest BCUT2D eigenvalue weighted by atomic mass is 16.5. The van der Waals surface area contributed by atoms with Crippen LogP contribution in [-0.4, -0.2) is 15.5 Å². The van der Waals surface area contributed by atoms with Gasteiger partial charge in [-0.3, -0.25) is 14.2 Å². The predicted octanol–water partition coefficient (Wildman–Crippen LogP) is 3.44. The Balaban J connectivity index is 1.60. The molecule has 2 heterocycles. The number of fused-ring (bicyclic) bond motifs is 1. The summed E-state index contributed by atoms with van der Waals surface area (Å²) in [5.41, 5.74) is 0.407. The van der Waals surface area contributed by atoms with Gasteiger partial charge in [0, 0.05) is 0 Å². The quantitative estimate of drug-likeness (QED) is 0.495. The van der Waals surface area contributed by atoms with E-state index in [-0.39, 0.29) is 30.6 Å². The third-order valence-corrected chi connectivity index (χ3v) is 4.74. The molecule has 0 spiro atoms. The van der Waals surface area contributed by atoms with Crippen molar-refractivity contribution in [1.29, 1.82) is 0 Å². The third kappa shape index (κ3) is 3.84. The minimum atomic E-state index is -0.279. The van der Waals surface area contributed by atoms with Crippen molar-refractivity contribution in [2.24, 2.45) is 5.92 Å². The van der Waals surface area contributed by atoms with Crippen LogP contribution in [0.2, 0.25) is 0 Å². The first kappa shape index (κ1) is 17.3. The molecular weight excluding hydrogens is 344 g/mol. The number of furan rings is 1. The highest BCUT2D eigenvalue weighted by Gasteiger charge is 2.17. The Hall–Kier alpha value is -3.15. The summed E-state index contributed by atoms with van der Waals surface area (Å²) in [6, 6.07) is 10.7. The lowest BCUT2D eigenvalue weighted by atomic mass is 10.1.